The van der Waals surface area contributed by atoms with Gasteiger partial charge in [-0.1, -0.05) is 35.9 Å². The van der Waals surface area contributed by atoms with Crippen molar-refractivity contribution in [1.82, 2.24) is 0 Å². The van der Waals surface area contributed by atoms with Crippen LogP contribution in [0, 0.1) is 20.8 Å². The molecule has 2 aromatic rings. The number of hydrogen-bond acceptors (Lipinski definition) is 2. The molecule has 0 bridgehead atoms. The Labute approximate surface area is 125 Å². The van der Waals surface area contributed by atoms with Gasteiger partial charge in [0.2, 0.25) is 0 Å². The molecule has 2 rings (SSSR count). The van der Waals surface area contributed by atoms with E-state index in [-0.39, 0.29) is 6.04 Å². The van der Waals surface area contributed by atoms with Crippen LogP contribution in [0.5, 0.6) is 5.75 Å². The second-order valence-corrected chi connectivity index (χ2v) is 5.51. The molecule has 0 fully saturated rings. The fourth-order valence-electron chi connectivity index (χ4n) is 2.44. The van der Waals surface area contributed by atoms with Crippen molar-refractivity contribution in [2.24, 2.45) is 5.73 Å². The minimum absolute atomic E-state index is 0.230. The van der Waals surface area contributed by atoms with Crippen molar-refractivity contribution in [3.8, 4) is 5.75 Å². The van der Waals surface area contributed by atoms with Crippen molar-refractivity contribution < 1.29 is 4.74 Å². The first-order valence-corrected chi connectivity index (χ1v) is 6.99. The average Bonchev–Trinajstić information content (AvgIpc) is 2.43. The van der Waals surface area contributed by atoms with Gasteiger partial charge in [0.15, 0.2) is 0 Å². The smallest absolute Gasteiger partial charge is 0.122 e. The monoisotopic (exact) mass is 289 g/mol. The molecule has 20 heavy (non-hydrogen) atoms. The molecule has 0 aromatic heterocycles. The van der Waals surface area contributed by atoms with Gasteiger partial charge in [-0.2, -0.15) is 0 Å². The Balaban J connectivity index is 2.51. The second kappa shape index (κ2) is 5.86. The van der Waals surface area contributed by atoms with E-state index >= 15 is 0 Å². The van der Waals surface area contributed by atoms with Gasteiger partial charge in [-0.3, -0.25) is 0 Å². The van der Waals surface area contributed by atoms with E-state index in [2.05, 4.69) is 6.07 Å². The summed E-state index contributed by atoms with van der Waals surface area (Å²) < 4.78 is 5.34. The second-order valence-electron chi connectivity index (χ2n) is 5.13. The molecule has 0 amide bonds. The summed E-state index contributed by atoms with van der Waals surface area (Å²) in [5.74, 6) is 0.883. The fourth-order valence-corrected chi connectivity index (χ4v) is 2.69. The Hall–Kier alpha value is -1.51. The van der Waals surface area contributed by atoms with Crippen LogP contribution >= 0.6 is 11.6 Å². The molecule has 106 valence electrons. The summed E-state index contributed by atoms with van der Waals surface area (Å²) in [5, 5.41) is 0.743. The number of methoxy groups -OCH3 is 1. The first kappa shape index (κ1) is 14.9. The average molecular weight is 290 g/mol. The summed E-state index contributed by atoms with van der Waals surface area (Å²) in [4.78, 5) is 0. The number of hydrogen-bond donors (Lipinski definition) is 1. The van der Waals surface area contributed by atoms with E-state index in [0.29, 0.717) is 0 Å². The highest BCUT2D eigenvalue weighted by atomic mass is 35.5. The van der Waals surface area contributed by atoms with E-state index in [0.717, 1.165) is 38.6 Å². The number of rotatable bonds is 3. The molecule has 0 heterocycles. The van der Waals surface area contributed by atoms with Crippen LogP contribution in [0.3, 0.4) is 0 Å². The molecule has 0 spiro atoms. The van der Waals surface area contributed by atoms with Crippen LogP contribution in [0.1, 0.15) is 33.9 Å². The van der Waals surface area contributed by atoms with Gasteiger partial charge in [-0.15, -0.1) is 0 Å². The summed E-state index contributed by atoms with van der Waals surface area (Å²) in [7, 11) is 1.68. The highest BCUT2D eigenvalue weighted by Gasteiger charge is 2.17. The SMILES string of the molecule is COc1cc(C)c(C(N)c2cccc(C)c2Cl)cc1C. The number of ether oxygens (including phenoxy) is 1. The lowest BCUT2D eigenvalue weighted by Gasteiger charge is -2.19. The predicted octanol–water partition coefficient (Wildman–Crippen LogP) is 4.32. The van der Waals surface area contributed by atoms with Gasteiger partial charge in [-0.05, 0) is 54.7 Å². The lowest BCUT2D eigenvalue weighted by Crippen LogP contribution is -2.14. The third-order valence-corrected chi connectivity index (χ3v) is 4.19. The minimum atomic E-state index is -0.230. The normalized spacial score (nSPS) is 12.3. The maximum absolute atomic E-state index is 6.42. The van der Waals surface area contributed by atoms with Gasteiger partial charge in [0, 0.05) is 5.02 Å². The van der Waals surface area contributed by atoms with Crippen LogP contribution in [-0.4, -0.2) is 7.11 Å². The van der Waals surface area contributed by atoms with Gasteiger partial charge in [0.1, 0.15) is 5.75 Å². The lowest BCUT2D eigenvalue weighted by molar-refractivity contribution is 0.411. The Morgan fingerprint density at radius 1 is 1.00 bits per heavy atom. The van der Waals surface area contributed by atoms with E-state index < -0.39 is 0 Å². The Kier molecular flexibility index (Phi) is 4.36. The Morgan fingerprint density at radius 3 is 2.35 bits per heavy atom. The summed E-state index contributed by atoms with van der Waals surface area (Å²) in [6, 6.07) is 9.84. The Morgan fingerprint density at radius 2 is 1.70 bits per heavy atom. The van der Waals surface area contributed by atoms with Gasteiger partial charge in [0.25, 0.3) is 0 Å². The largest absolute Gasteiger partial charge is 0.496 e. The van der Waals surface area contributed by atoms with Crippen LogP contribution in [0.2, 0.25) is 5.02 Å². The molecule has 0 aliphatic rings. The highest BCUT2D eigenvalue weighted by molar-refractivity contribution is 6.32. The molecule has 0 radical (unpaired) electrons. The number of halogens is 1. The van der Waals surface area contributed by atoms with Crippen molar-refractivity contribution in [1.29, 1.82) is 0 Å². The zero-order valence-corrected chi connectivity index (χ0v) is 13.1. The van der Waals surface area contributed by atoms with Crippen molar-refractivity contribution in [3.63, 3.8) is 0 Å². The van der Waals surface area contributed by atoms with E-state index in [9.17, 15) is 0 Å². The van der Waals surface area contributed by atoms with Gasteiger partial charge < -0.3 is 10.5 Å². The zero-order chi connectivity index (χ0) is 14.9. The standard InChI is InChI=1S/C17H20ClNO/c1-10-6-5-7-13(16(10)18)17(19)14-8-12(3)15(20-4)9-11(14)2/h5-9,17H,19H2,1-4H3. The third-order valence-electron chi connectivity index (χ3n) is 3.68. The zero-order valence-electron chi connectivity index (χ0n) is 12.3. The molecule has 0 saturated carbocycles. The van der Waals surface area contributed by atoms with Crippen LogP contribution in [0.25, 0.3) is 0 Å². The van der Waals surface area contributed by atoms with Gasteiger partial charge >= 0.3 is 0 Å². The Bertz CT molecular complexity index is 637. The van der Waals surface area contributed by atoms with Crippen LogP contribution in [0.4, 0.5) is 0 Å². The molecule has 3 heteroatoms. The summed E-state index contributed by atoms with van der Waals surface area (Å²) in [6.07, 6.45) is 0. The first-order valence-electron chi connectivity index (χ1n) is 6.61. The molecule has 0 aliphatic carbocycles. The van der Waals surface area contributed by atoms with Crippen molar-refractivity contribution in [2.45, 2.75) is 26.8 Å². The molecule has 2 nitrogen and oxygen atoms in total. The third kappa shape index (κ3) is 2.67. The maximum Gasteiger partial charge on any atom is 0.122 e. The molecular weight excluding hydrogens is 270 g/mol. The van der Waals surface area contributed by atoms with Crippen LogP contribution < -0.4 is 10.5 Å². The summed E-state index contributed by atoms with van der Waals surface area (Å²) in [6.45, 7) is 6.05. The molecule has 0 saturated heterocycles. The number of nitrogens with two attached hydrogens (primary N) is 1. The number of benzene rings is 2. The molecule has 2 N–H and O–H groups in total. The lowest BCUT2D eigenvalue weighted by atomic mass is 9.93. The van der Waals surface area contributed by atoms with Gasteiger partial charge in [-0.25, -0.2) is 0 Å². The highest BCUT2D eigenvalue weighted by Crippen LogP contribution is 2.33. The molecule has 2 aromatic carbocycles. The molecule has 0 aliphatic heterocycles. The first-order chi connectivity index (χ1) is 9.45. The predicted molar refractivity (Wildman–Crippen MR) is 84.7 cm³/mol. The topological polar surface area (TPSA) is 35.2 Å². The van der Waals surface area contributed by atoms with E-state index in [1.165, 1.54) is 0 Å². The molecular formula is C17H20ClNO. The van der Waals surface area contributed by atoms with E-state index in [1.54, 1.807) is 7.11 Å². The summed E-state index contributed by atoms with van der Waals surface area (Å²) in [5.41, 5.74) is 11.7. The van der Waals surface area contributed by atoms with E-state index in [1.807, 2.05) is 45.0 Å². The van der Waals surface area contributed by atoms with Crippen molar-refractivity contribution in [2.75, 3.05) is 7.11 Å². The maximum atomic E-state index is 6.42. The van der Waals surface area contributed by atoms with Gasteiger partial charge in [0.05, 0.1) is 13.2 Å². The van der Waals surface area contributed by atoms with Crippen molar-refractivity contribution in [3.05, 3.63) is 63.2 Å². The van der Waals surface area contributed by atoms with Crippen LogP contribution in [-0.2, 0) is 0 Å². The van der Waals surface area contributed by atoms with Crippen LogP contribution in [0.15, 0.2) is 30.3 Å². The minimum Gasteiger partial charge on any atom is -0.496 e. The molecule has 1 unspecified atom stereocenters. The van der Waals surface area contributed by atoms with E-state index in [4.69, 9.17) is 22.1 Å². The van der Waals surface area contributed by atoms with Crippen molar-refractivity contribution >= 4 is 11.6 Å². The molecule has 1 atom stereocenters. The fraction of sp³-hybridized carbons (Fsp3) is 0.294. The summed E-state index contributed by atoms with van der Waals surface area (Å²) >= 11 is 6.38. The number of aryl methyl sites for hydroxylation is 3. The quantitative estimate of drug-likeness (QED) is 0.913.